The summed E-state index contributed by atoms with van der Waals surface area (Å²) in [6, 6.07) is 49.4. The molecule has 14 rings (SSSR count). The molecule has 5 heterocycles. The molecular formula is C54H33BN4. The molecule has 0 saturated heterocycles. The van der Waals surface area contributed by atoms with Crippen LogP contribution in [-0.2, 0) is 6.42 Å². The van der Waals surface area contributed by atoms with Gasteiger partial charge in [0.2, 0.25) is 6.71 Å². The second kappa shape index (κ2) is 11.6. The highest BCUT2D eigenvalue weighted by Gasteiger charge is 2.53. The van der Waals surface area contributed by atoms with Gasteiger partial charge in [-0.25, -0.2) is 9.97 Å². The van der Waals surface area contributed by atoms with Gasteiger partial charge in [-0.1, -0.05) is 113 Å². The molecule has 5 heteroatoms. The van der Waals surface area contributed by atoms with Gasteiger partial charge < -0.3 is 4.57 Å². The van der Waals surface area contributed by atoms with Crippen LogP contribution >= 0.6 is 0 Å². The maximum Gasteiger partial charge on any atom is 0.242 e. The van der Waals surface area contributed by atoms with E-state index in [1.54, 1.807) is 0 Å². The Bertz CT molecular complexity index is 3350. The van der Waals surface area contributed by atoms with Gasteiger partial charge in [-0.15, -0.1) is 5.73 Å². The normalized spacial score (nSPS) is 19.5. The molecule has 3 aromatic heterocycles. The van der Waals surface area contributed by atoms with E-state index in [-0.39, 0.29) is 24.5 Å². The van der Waals surface area contributed by atoms with Crippen molar-refractivity contribution in [1.29, 1.82) is 0 Å². The molecule has 0 N–H and O–H groups in total. The van der Waals surface area contributed by atoms with Gasteiger partial charge in [0.1, 0.15) is 0 Å². The van der Waals surface area contributed by atoms with Crippen LogP contribution in [0.3, 0.4) is 0 Å². The first-order valence-corrected chi connectivity index (χ1v) is 20.7. The minimum atomic E-state index is 0.0603. The minimum Gasteiger partial charge on any atom is -0.311 e. The van der Waals surface area contributed by atoms with Gasteiger partial charge in [-0.2, -0.15) is 0 Å². The average molecular weight is 749 g/mol. The van der Waals surface area contributed by atoms with Gasteiger partial charge in [0, 0.05) is 58.9 Å². The van der Waals surface area contributed by atoms with Gasteiger partial charge in [0.15, 0.2) is 5.82 Å². The van der Waals surface area contributed by atoms with Crippen LogP contribution in [0.15, 0.2) is 193 Å². The van der Waals surface area contributed by atoms with Crippen LogP contribution < -0.4 is 10.9 Å². The van der Waals surface area contributed by atoms with Crippen molar-refractivity contribution in [3.8, 4) is 17.1 Å². The van der Waals surface area contributed by atoms with E-state index in [1.807, 2.05) is 24.7 Å². The zero-order valence-electron chi connectivity index (χ0n) is 32.0. The molecule has 0 amide bonds. The fourth-order valence-electron chi connectivity index (χ4n) is 12.0. The number of benzene rings is 5. The van der Waals surface area contributed by atoms with Crippen LogP contribution in [0.5, 0.6) is 0 Å². The van der Waals surface area contributed by atoms with Crippen LogP contribution in [0.25, 0.3) is 39.3 Å². The molecule has 3 unspecified atom stereocenters. The van der Waals surface area contributed by atoms with Gasteiger partial charge in [-0.3, -0.25) is 4.98 Å². The van der Waals surface area contributed by atoms with E-state index in [1.165, 1.54) is 88.9 Å². The summed E-state index contributed by atoms with van der Waals surface area (Å²) in [6.07, 6.45) is 13.3. The highest BCUT2D eigenvalue weighted by molar-refractivity contribution is 6.93. The molecule has 0 spiro atoms. The molecule has 0 bridgehead atoms. The molecule has 5 aromatic carbocycles. The van der Waals surface area contributed by atoms with Gasteiger partial charge in [0.25, 0.3) is 0 Å². The smallest absolute Gasteiger partial charge is 0.242 e. The highest BCUT2D eigenvalue weighted by Crippen LogP contribution is 2.62. The number of para-hydroxylation sites is 1. The quantitative estimate of drug-likeness (QED) is 0.134. The first kappa shape index (κ1) is 31.7. The van der Waals surface area contributed by atoms with Gasteiger partial charge in [-0.05, 0) is 122 Å². The molecule has 4 nitrogen and oxygen atoms in total. The third kappa shape index (κ3) is 4.07. The first-order chi connectivity index (χ1) is 29.3. The third-order valence-corrected chi connectivity index (χ3v) is 14.0. The summed E-state index contributed by atoms with van der Waals surface area (Å²) in [4.78, 5) is 14.9. The van der Waals surface area contributed by atoms with Crippen molar-refractivity contribution in [2.75, 3.05) is 0 Å². The molecule has 0 saturated carbocycles. The molecule has 6 aliphatic rings. The number of hydrogen-bond acceptors (Lipinski definition) is 3. The van der Waals surface area contributed by atoms with Crippen LogP contribution in [0.1, 0.15) is 68.0 Å². The molecule has 2 aliphatic heterocycles. The second-order valence-corrected chi connectivity index (χ2v) is 16.6. The summed E-state index contributed by atoms with van der Waals surface area (Å²) < 4.78 is 2.46. The molecule has 0 fully saturated rings. The maximum atomic E-state index is 5.11. The van der Waals surface area contributed by atoms with Crippen molar-refractivity contribution < 1.29 is 0 Å². The van der Waals surface area contributed by atoms with Gasteiger partial charge >= 0.3 is 0 Å². The van der Waals surface area contributed by atoms with Crippen molar-refractivity contribution in [2.24, 2.45) is 0 Å². The molecule has 4 aliphatic carbocycles. The zero-order chi connectivity index (χ0) is 38.3. The monoisotopic (exact) mass is 748 g/mol. The Labute approximate surface area is 342 Å². The summed E-state index contributed by atoms with van der Waals surface area (Å²) in [5.41, 5.74) is 30.1. The lowest BCUT2D eigenvalue weighted by Gasteiger charge is -2.44. The number of nitrogens with zero attached hydrogens (tertiary/aromatic N) is 4. The van der Waals surface area contributed by atoms with Crippen LogP contribution in [0, 0.1) is 0 Å². The SMILES string of the molecule is C1=CC=C2B3c4cccc5c4C(C4=C5c5ccccc5C4c4ccccc4)c4cc(-c5ncccn5)cc(c43)C3Cc4c(c5ncccc5n4-c4ccccc4)C(=C23)C=1. The predicted molar refractivity (Wildman–Crippen MR) is 237 cm³/mol. The third-order valence-electron chi connectivity index (χ3n) is 14.0. The summed E-state index contributed by atoms with van der Waals surface area (Å²) in [5, 5.41) is 0. The Balaban J connectivity index is 1.10. The Morgan fingerprint density at radius 1 is 0.678 bits per heavy atom. The Morgan fingerprint density at radius 3 is 2.34 bits per heavy atom. The van der Waals surface area contributed by atoms with E-state index >= 15 is 0 Å². The number of pyridine rings is 1. The van der Waals surface area contributed by atoms with Crippen LogP contribution in [-0.4, -0.2) is 26.2 Å². The summed E-state index contributed by atoms with van der Waals surface area (Å²) in [7, 11) is 0. The number of aromatic nitrogens is 4. The summed E-state index contributed by atoms with van der Waals surface area (Å²) in [5.74, 6) is 1.10. The fourth-order valence-corrected chi connectivity index (χ4v) is 12.0. The Morgan fingerprint density at radius 2 is 1.46 bits per heavy atom. The summed E-state index contributed by atoms with van der Waals surface area (Å²) in [6.45, 7) is 0.0603. The van der Waals surface area contributed by atoms with E-state index in [9.17, 15) is 0 Å². The largest absolute Gasteiger partial charge is 0.311 e. The van der Waals surface area contributed by atoms with Crippen molar-refractivity contribution in [3.05, 3.63) is 243 Å². The van der Waals surface area contributed by atoms with E-state index in [2.05, 4.69) is 156 Å². The number of rotatable bonds is 3. The second-order valence-electron chi connectivity index (χ2n) is 16.6. The predicted octanol–water partition coefficient (Wildman–Crippen LogP) is 9.80. The Kier molecular flexibility index (Phi) is 6.26. The Hall–Kier alpha value is -7.33. The lowest BCUT2D eigenvalue weighted by atomic mass is 9.27. The molecule has 0 radical (unpaired) electrons. The van der Waals surface area contributed by atoms with Crippen LogP contribution in [0.2, 0.25) is 0 Å². The topological polar surface area (TPSA) is 43.6 Å². The van der Waals surface area contributed by atoms with E-state index < -0.39 is 0 Å². The maximum absolute atomic E-state index is 5.11. The standard InChI is InChI=1S/C54H33BN4/c1-3-14-31(15-4-1)45-34-18-7-8-19-35(34)47-37-21-11-23-42-48(37)50(51(45)47)40-29-32(54-57-26-13-27-58-54)28-39-38-30-44-49(36-20-9-10-22-41(46(36)38)55(42)52(39)40)53-43(24-12-25-56-53)59(44)33-16-5-2-6-17-33/h1-8,10-29,38,45,50H,30H2. The first-order valence-electron chi connectivity index (χ1n) is 20.7. The average Bonchev–Trinajstić information content (AvgIpc) is 3.87. The number of allylic oxidation sites excluding steroid dienone is 6. The van der Waals surface area contributed by atoms with E-state index in [0.717, 1.165) is 34.5 Å². The molecule has 3 atom stereocenters. The zero-order valence-corrected chi connectivity index (χ0v) is 32.0. The van der Waals surface area contributed by atoms with Gasteiger partial charge in [0.05, 0.1) is 11.0 Å². The highest BCUT2D eigenvalue weighted by atomic mass is 15.0. The van der Waals surface area contributed by atoms with Crippen molar-refractivity contribution in [2.45, 2.75) is 24.2 Å². The van der Waals surface area contributed by atoms with Crippen molar-refractivity contribution in [3.63, 3.8) is 0 Å². The van der Waals surface area contributed by atoms with Crippen molar-refractivity contribution in [1.82, 2.24) is 19.5 Å². The number of fused-ring (bicyclic) bond motifs is 12. The fraction of sp³-hybridized carbons (Fsp3) is 0.0741. The lowest BCUT2D eigenvalue weighted by molar-refractivity contribution is 0.747. The molecular weight excluding hydrogens is 715 g/mol. The summed E-state index contributed by atoms with van der Waals surface area (Å²) >= 11 is 0. The van der Waals surface area contributed by atoms with E-state index in [4.69, 9.17) is 15.0 Å². The number of hydrogen-bond donors (Lipinski definition) is 0. The minimum absolute atomic E-state index is 0.0603. The van der Waals surface area contributed by atoms with Crippen LogP contribution in [0.4, 0.5) is 0 Å². The van der Waals surface area contributed by atoms with Crippen molar-refractivity contribution >= 4 is 39.8 Å². The lowest BCUT2D eigenvalue weighted by Crippen LogP contribution is -2.57. The molecule has 272 valence electrons. The molecule has 8 aromatic rings. The van der Waals surface area contributed by atoms with E-state index in [0.29, 0.717) is 0 Å². The molecule has 59 heavy (non-hydrogen) atoms.